The summed E-state index contributed by atoms with van der Waals surface area (Å²) in [6, 6.07) is 9.85. The largest absolute Gasteiger partial charge is 0.506 e. The molecule has 1 saturated heterocycles. The molecule has 0 bridgehead atoms. The highest BCUT2D eigenvalue weighted by atomic mass is 16.5. The highest BCUT2D eigenvalue weighted by Crippen LogP contribution is 2.27. The maximum absolute atomic E-state index is 12.9. The summed E-state index contributed by atoms with van der Waals surface area (Å²) in [7, 11) is 1.26. The number of nitrogens with one attached hydrogen (secondary N) is 1. The first kappa shape index (κ1) is 21.4. The zero-order valence-electron chi connectivity index (χ0n) is 17.4. The van der Waals surface area contributed by atoms with Crippen LogP contribution in [0.1, 0.15) is 44.7 Å². The number of phenols is 1. The van der Waals surface area contributed by atoms with Crippen LogP contribution < -0.4 is 5.32 Å². The molecule has 1 heterocycles. The first-order valence-electron chi connectivity index (χ1n) is 9.88. The minimum atomic E-state index is -0.562. The van der Waals surface area contributed by atoms with Crippen molar-refractivity contribution < 1.29 is 24.2 Å². The molecule has 7 nitrogen and oxygen atoms in total. The van der Waals surface area contributed by atoms with Crippen molar-refractivity contribution in [1.29, 1.82) is 0 Å². The number of rotatable bonds is 4. The molecule has 0 spiro atoms. The number of piperidine rings is 1. The van der Waals surface area contributed by atoms with E-state index < -0.39 is 11.9 Å². The van der Waals surface area contributed by atoms with E-state index in [-0.39, 0.29) is 28.8 Å². The van der Waals surface area contributed by atoms with Gasteiger partial charge in [0, 0.05) is 18.7 Å². The van der Waals surface area contributed by atoms with Gasteiger partial charge in [-0.25, -0.2) is 4.79 Å². The van der Waals surface area contributed by atoms with Crippen LogP contribution >= 0.6 is 0 Å². The van der Waals surface area contributed by atoms with Crippen molar-refractivity contribution in [2.45, 2.75) is 26.7 Å². The second-order valence-electron chi connectivity index (χ2n) is 7.68. The Kier molecular flexibility index (Phi) is 6.40. The van der Waals surface area contributed by atoms with Crippen molar-refractivity contribution in [2.75, 3.05) is 25.5 Å². The van der Waals surface area contributed by atoms with Crippen molar-refractivity contribution in [3.8, 4) is 5.75 Å². The number of likely N-dealkylation sites (tertiary alicyclic amines) is 1. The molecule has 2 aromatic carbocycles. The summed E-state index contributed by atoms with van der Waals surface area (Å²) in [6.07, 6.45) is 1.35. The predicted octanol–water partition coefficient (Wildman–Crippen LogP) is 3.29. The van der Waals surface area contributed by atoms with E-state index in [1.54, 1.807) is 4.90 Å². The number of esters is 1. The maximum Gasteiger partial charge on any atom is 0.337 e. The molecule has 30 heavy (non-hydrogen) atoms. The van der Waals surface area contributed by atoms with Gasteiger partial charge in [-0.3, -0.25) is 9.59 Å². The van der Waals surface area contributed by atoms with E-state index in [4.69, 9.17) is 0 Å². The summed E-state index contributed by atoms with van der Waals surface area (Å²) in [5.74, 6) is -1.50. The molecule has 1 fully saturated rings. The van der Waals surface area contributed by atoms with Gasteiger partial charge >= 0.3 is 5.97 Å². The van der Waals surface area contributed by atoms with Gasteiger partial charge in [0.2, 0.25) is 5.91 Å². The Morgan fingerprint density at radius 2 is 1.77 bits per heavy atom. The normalized spacial score (nSPS) is 16.1. The first-order valence-corrected chi connectivity index (χ1v) is 9.88. The Hall–Kier alpha value is -3.35. The summed E-state index contributed by atoms with van der Waals surface area (Å²) in [6.45, 7) is 4.80. The molecule has 1 unspecified atom stereocenters. The lowest BCUT2D eigenvalue weighted by Gasteiger charge is -2.32. The number of aryl methyl sites for hydroxylation is 2. The summed E-state index contributed by atoms with van der Waals surface area (Å²) in [5.41, 5.74) is 3.02. The zero-order valence-corrected chi connectivity index (χ0v) is 17.4. The van der Waals surface area contributed by atoms with Crippen LogP contribution in [0.2, 0.25) is 0 Å². The lowest BCUT2D eigenvalue weighted by molar-refractivity contribution is -0.121. The topological polar surface area (TPSA) is 95.9 Å². The fourth-order valence-electron chi connectivity index (χ4n) is 3.77. The molecule has 0 aliphatic carbocycles. The number of methoxy groups -OCH3 is 1. The van der Waals surface area contributed by atoms with Crippen molar-refractivity contribution >= 4 is 23.5 Å². The number of carbonyl (C=O) groups excluding carboxylic acids is 3. The third kappa shape index (κ3) is 4.79. The molecule has 1 atom stereocenters. The second-order valence-corrected chi connectivity index (χ2v) is 7.68. The standard InChI is InChI=1S/C23H26N2O5/c1-14-9-15(2)11-18(10-14)22(28)25-8-4-5-17(13-25)21(27)24-19-12-16(23(29)30-3)6-7-20(19)26/h6-7,9-12,17,26H,4-5,8,13H2,1-3H3,(H,24,27). The fourth-order valence-corrected chi connectivity index (χ4v) is 3.77. The number of ether oxygens (including phenoxy) is 1. The van der Waals surface area contributed by atoms with Gasteiger partial charge in [-0.2, -0.15) is 0 Å². The number of benzene rings is 2. The lowest BCUT2D eigenvalue weighted by atomic mass is 9.96. The number of amides is 2. The number of aromatic hydroxyl groups is 1. The average molecular weight is 410 g/mol. The number of hydrogen-bond acceptors (Lipinski definition) is 5. The quantitative estimate of drug-likeness (QED) is 0.596. The van der Waals surface area contributed by atoms with Gasteiger partial charge in [-0.1, -0.05) is 17.2 Å². The molecule has 2 aromatic rings. The lowest BCUT2D eigenvalue weighted by Crippen LogP contribution is -2.43. The van der Waals surface area contributed by atoms with E-state index in [9.17, 15) is 19.5 Å². The van der Waals surface area contributed by atoms with Crippen LogP contribution in [0.3, 0.4) is 0 Å². The molecule has 0 saturated carbocycles. The molecule has 3 rings (SSSR count). The third-order valence-electron chi connectivity index (χ3n) is 5.22. The van der Waals surface area contributed by atoms with E-state index in [0.29, 0.717) is 31.5 Å². The van der Waals surface area contributed by atoms with Gasteiger partial charge in [0.05, 0.1) is 24.3 Å². The molecule has 158 valence electrons. The summed E-state index contributed by atoms with van der Waals surface area (Å²) >= 11 is 0. The van der Waals surface area contributed by atoms with Crippen LogP contribution in [0.15, 0.2) is 36.4 Å². The molecular formula is C23H26N2O5. The van der Waals surface area contributed by atoms with Gasteiger partial charge in [0.25, 0.3) is 5.91 Å². The molecule has 0 radical (unpaired) electrons. The van der Waals surface area contributed by atoms with E-state index in [0.717, 1.165) is 11.1 Å². The van der Waals surface area contributed by atoms with Gasteiger partial charge in [0.1, 0.15) is 5.75 Å². The second kappa shape index (κ2) is 8.98. The van der Waals surface area contributed by atoms with Crippen LogP contribution in [0.5, 0.6) is 5.75 Å². The van der Waals surface area contributed by atoms with Gasteiger partial charge in [0.15, 0.2) is 0 Å². The van der Waals surface area contributed by atoms with Gasteiger partial charge in [-0.15, -0.1) is 0 Å². The van der Waals surface area contributed by atoms with E-state index >= 15 is 0 Å². The Morgan fingerprint density at radius 3 is 2.43 bits per heavy atom. The number of hydrogen-bond donors (Lipinski definition) is 2. The SMILES string of the molecule is COC(=O)c1ccc(O)c(NC(=O)C2CCCN(C(=O)c3cc(C)cc(C)c3)C2)c1. The van der Waals surface area contributed by atoms with Crippen LogP contribution in [-0.4, -0.2) is 48.0 Å². The first-order chi connectivity index (χ1) is 14.3. The summed E-state index contributed by atoms with van der Waals surface area (Å²) < 4.78 is 4.67. The Bertz CT molecular complexity index is 965. The molecule has 7 heteroatoms. The molecule has 1 aliphatic heterocycles. The molecule has 2 N–H and O–H groups in total. The van der Waals surface area contributed by atoms with Crippen LogP contribution in [0.4, 0.5) is 5.69 Å². The number of anilines is 1. The molecule has 2 amide bonds. The highest BCUT2D eigenvalue weighted by Gasteiger charge is 2.29. The molecule has 1 aliphatic rings. The van der Waals surface area contributed by atoms with Crippen molar-refractivity contribution in [1.82, 2.24) is 4.90 Å². The molecule has 0 aromatic heterocycles. The Morgan fingerprint density at radius 1 is 1.07 bits per heavy atom. The zero-order chi connectivity index (χ0) is 21.8. The average Bonchev–Trinajstić information content (AvgIpc) is 2.73. The third-order valence-corrected chi connectivity index (χ3v) is 5.22. The van der Waals surface area contributed by atoms with E-state index in [1.165, 1.54) is 25.3 Å². The van der Waals surface area contributed by atoms with Gasteiger partial charge in [-0.05, 0) is 57.0 Å². The Balaban J connectivity index is 1.71. The number of carbonyl (C=O) groups is 3. The van der Waals surface area contributed by atoms with Crippen LogP contribution in [-0.2, 0) is 9.53 Å². The Labute approximate surface area is 175 Å². The van der Waals surface area contributed by atoms with Crippen molar-refractivity contribution in [3.05, 3.63) is 58.7 Å². The minimum Gasteiger partial charge on any atom is -0.506 e. The fraction of sp³-hybridized carbons (Fsp3) is 0.348. The van der Waals surface area contributed by atoms with Gasteiger partial charge < -0.3 is 20.1 Å². The molecular weight excluding hydrogens is 384 g/mol. The van der Waals surface area contributed by atoms with Crippen LogP contribution in [0.25, 0.3) is 0 Å². The monoisotopic (exact) mass is 410 g/mol. The maximum atomic E-state index is 12.9. The predicted molar refractivity (Wildman–Crippen MR) is 113 cm³/mol. The van der Waals surface area contributed by atoms with Crippen molar-refractivity contribution in [2.24, 2.45) is 5.92 Å². The van der Waals surface area contributed by atoms with E-state index in [1.807, 2.05) is 32.0 Å². The minimum absolute atomic E-state index is 0.0881. The highest BCUT2D eigenvalue weighted by molar-refractivity contribution is 5.98. The summed E-state index contributed by atoms with van der Waals surface area (Å²) in [4.78, 5) is 39.2. The van der Waals surface area contributed by atoms with Crippen molar-refractivity contribution in [3.63, 3.8) is 0 Å². The number of phenolic OH excluding ortho intramolecular Hbond substituents is 1. The van der Waals surface area contributed by atoms with E-state index in [2.05, 4.69) is 10.1 Å². The smallest absolute Gasteiger partial charge is 0.337 e. The number of nitrogens with zero attached hydrogens (tertiary/aromatic N) is 1. The van der Waals surface area contributed by atoms with Crippen LogP contribution in [0, 0.1) is 19.8 Å². The summed E-state index contributed by atoms with van der Waals surface area (Å²) in [5, 5.41) is 12.7.